The highest BCUT2D eigenvalue weighted by atomic mass is 16.7. The molecule has 1 aliphatic rings. The van der Waals surface area contributed by atoms with Gasteiger partial charge in [0, 0.05) is 25.1 Å². The predicted octanol–water partition coefficient (Wildman–Crippen LogP) is 4.21. The Bertz CT molecular complexity index is 862. The van der Waals surface area contributed by atoms with Crippen molar-refractivity contribution in [3.63, 3.8) is 0 Å². The maximum absolute atomic E-state index is 12.2. The van der Waals surface area contributed by atoms with Crippen LogP contribution >= 0.6 is 0 Å². The smallest absolute Gasteiger partial charge is 0.231 e. The van der Waals surface area contributed by atoms with Gasteiger partial charge in [0.1, 0.15) is 0 Å². The van der Waals surface area contributed by atoms with Crippen molar-refractivity contribution in [3.05, 3.63) is 53.6 Å². The molecule has 6 heteroatoms. The molecule has 1 unspecified atom stereocenters. The first-order valence-electron chi connectivity index (χ1n) is 9.95. The van der Waals surface area contributed by atoms with Gasteiger partial charge in [-0.2, -0.15) is 0 Å². The van der Waals surface area contributed by atoms with E-state index in [4.69, 9.17) is 9.47 Å². The number of ether oxygens (including phenoxy) is 2. The Balaban J connectivity index is 1.40. The Morgan fingerprint density at radius 2 is 1.62 bits per heavy atom. The SMILES string of the molecule is CC(CC(=O)NCc1ccc2c(c1)OCO2)CC(=O)Nc1ccc(C(C)C)cc1. The second kappa shape index (κ2) is 9.45. The van der Waals surface area contributed by atoms with E-state index in [9.17, 15) is 9.59 Å². The van der Waals surface area contributed by atoms with Gasteiger partial charge in [-0.25, -0.2) is 0 Å². The van der Waals surface area contributed by atoms with Gasteiger partial charge in [-0.3, -0.25) is 9.59 Å². The number of anilines is 1. The maximum Gasteiger partial charge on any atom is 0.231 e. The molecule has 2 aromatic carbocycles. The minimum atomic E-state index is -0.0848. The molecule has 29 heavy (non-hydrogen) atoms. The third-order valence-electron chi connectivity index (χ3n) is 4.86. The summed E-state index contributed by atoms with van der Waals surface area (Å²) >= 11 is 0. The van der Waals surface area contributed by atoms with Crippen LogP contribution in [0.15, 0.2) is 42.5 Å². The normalized spacial score (nSPS) is 13.2. The van der Waals surface area contributed by atoms with Crippen molar-refractivity contribution >= 4 is 17.5 Å². The molecule has 0 saturated carbocycles. The topological polar surface area (TPSA) is 76.7 Å². The summed E-state index contributed by atoms with van der Waals surface area (Å²) in [6.07, 6.45) is 0.591. The molecule has 1 aliphatic heterocycles. The zero-order chi connectivity index (χ0) is 20.8. The van der Waals surface area contributed by atoms with Gasteiger partial charge in [0.05, 0.1) is 0 Å². The van der Waals surface area contributed by atoms with Gasteiger partial charge in [0.2, 0.25) is 18.6 Å². The van der Waals surface area contributed by atoms with Crippen LogP contribution in [0.25, 0.3) is 0 Å². The Morgan fingerprint density at radius 1 is 0.931 bits per heavy atom. The van der Waals surface area contributed by atoms with Crippen molar-refractivity contribution in [2.24, 2.45) is 5.92 Å². The Morgan fingerprint density at radius 3 is 2.34 bits per heavy atom. The van der Waals surface area contributed by atoms with Crippen molar-refractivity contribution in [3.8, 4) is 11.5 Å². The largest absolute Gasteiger partial charge is 0.454 e. The number of fused-ring (bicyclic) bond motifs is 1. The van der Waals surface area contributed by atoms with Crippen molar-refractivity contribution in [1.82, 2.24) is 5.32 Å². The summed E-state index contributed by atoms with van der Waals surface area (Å²) in [7, 11) is 0. The molecule has 154 valence electrons. The lowest BCUT2D eigenvalue weighted by molar-refractivity contribution is -0.122. The Labute approximate surface area is 171 Å². The minimum Gasteiger partial charge on any atom is -0.454 e. The average Bonchev–Trinajstić information content (AvgIpc) is 3.14. The van der Waals surface area contributed by atoms with E-state index in [2.05, 4.69) is 24.5 Å². The fourth-order valence-corrected chi connectivity index (χ4v) is 3.19. The summed E-state index contributed by atoms with van der Waals surface area (Å²) < 4.78 is 10.6. The highest BCUT2D eigenvalue weighted by Crippen LogP contribution is 2.32. The van der Waals surface area contributed by atoms with E-state index in [1.807, 2.05) is 49.4 Å². The summed E-state index contributed by atoms with van der Waals surface area (Å²) in [5, 5.41) is 5.79. The van der Waals surface area contributed by atoms with Crippen molar-refractivity contribution in [1.29, 1.82) is 0 Å². The van der Waals surface area contributed by atoms with E-state index < -0.39 is 0 Å². The van der Waals surface area contributed by atoms with Crippen molar-refractivity contribution in [2.45, 2.75) is 46.1 Å². The number of carbonyl (C=O) groups is 2. The van der Waals surface area contributed by atoms with Crippen molar-refractivity contribution in [2.75, 3.05) is 12.1 Å². The molecular weight excluding hydrogens is 368 g/mol. The number of nitrogens with one attached hydrogen (secondary N) is 2. The Hall–Kier alpha value is -3.02. The van der Waals surface area contributed by atoms with E-state index >= 15 is 0 Å². The lowest BCUT2D eigenvalue weighted by Gasteiger charge is -2.13. The monoisotopic (exact) mass is 396 g/mol. The van der Waals surface area contributed by atoms with Gasteiger partial charge in [-0.15, -0.1) is 0 Å². The number of carbonyl (C=O) groups excluding carboxylic acids is 2. The number of amides is 2. The van der Waals surface area contributed by atoms with Gasteiger partial charge in [0.15, 0.2) is 11.5 Å². The molecule has 0 aliphatic carbocycles. The molecule has 1 atom stereocenters. The lowest BCUT2D eigenvalue weighted by atomic mass is 10.0. The van der Waals surface area contributed by atoms with Gasteiger partial charge >= 0.3 is 0 Å². The van der Waals surface area contributed by atoms with Crippen LogP contribution < -0.4 is 20.1 Å². The van der Waals surface area contributed by atoms with E-state index in [0.29, 0.717) is 31.1 Å². The van der Waals surface area contributed by atoms with Crippen LogP contribution in [0.2, 0.25) is 0 Å². The first kappa shape index (κ1) is 20.7. The minimum absolute atomic E-state index is 0.0540. The molecule has 6 nitrogen and oxygen atoms in total. The van der Waals surface area contributed by atoms with Gasteiger partial charge < -0.3 is 20.1 Å². The summed E-state index contributed by atoms with van der Waals surface area (Å²) in [4.78, 5) is 24.4. The van der Waals surface area contributed by atoms with Crippen LogP contribution in [-0.4, -0.2) is 18.6 Å². The van der Waals surface area contributed by atoms with E-state index in [1.165, 1.54) is 5.56 Å². The molecule has 1 heterocycles. The number of benzene rings is 2. The maximum atomic E-state index is 12.2. The second-order valence-electron chi connectivity index (χ2n) is 7.80. The highest BCUT2D eigenvalue weighted by molar-refractivity contribution is 5.91. The molecule has 0 radical (unpaired) electrons. The van der Waals surface area contributed by atoms with E-state index in [-0.39, 0.29) is 24.5 Å². The van der Waals surface area contributed by atoms with Crippen LogP contribution in [0.3, 0.4) is 0 Å². The van der Waals surface area contributed by atoms with Crippen LogP contribution in [-0.2, 0) is 16.1 Å². The second-order valence-corrected chi connectivity index (χ2v) is 7.80. The standard InChI is InChI=1S/C23H28N2O4/c1-15(2)18-5-7-19(8-6-18)25-23(27)11-16(3)10-22(26)24-13-17-4-9-20-21(12-17)29-14-28-20/h4-9,12,15-16H,10-11,13-14H2,1-3H3,(H,24,26)(H,25,27). The van der Waals surface area contributed by atoms with Crippen LogP contribution in [0, 0.1) is 5.92 Å². The quantitative estimate of drug-likeness (QED) is 0.701. The van der Waals surface area contributed by atoms with Crippen LogP contribution in [0.5, 0.6) is 11.5 Å². The summed E-state index contributed by atoms with van der Waals surface area (Å²) in [6.45, 7) is 6.81. The lowest BCUT2D eigenvalue weighted by Crippen LogP contribution is -2.26. The number of rotatable bonds is 8. The van der Waals surface area contributed by atoms with Crippen LogP contribution in [0.4, 0.5) is 5.69 Å². The molecule has 3 rings (SSSR count). The molecule has 0 fully saturated rings. The van der Waals surface area contributed by atoms with E-state index in [1.54, 1.807) is 0 Å². The number of hydrogen-bond acceptors (Lipinski definition) is 4. The fourth-order valence-electron chi connectivity index (χ4n) is 3.19. The Kier molecular flexibility index (Phi) is 6.75. The summed E-state index contributed by atoms with van der Waals surface area (Å²) in [5.74, 6) is 1.65. The predicted molar refractivity (Wildman–Crippen MR) is 112 cm³/mol. The first-order valence-corrected chi connectivity index (χ1v) is 9.95. The summed E-state index contributed by atoms with van der Waals surface area (Å²) in [5.41, 5.74) is 2.95. The van der Waals surface area contributed by atoms with Crippen molar-refractivity contribution < 1.29 is 19.1 Å². The van der Waals surface area contributed by atoms with Gasteiger partial charge in [0.25, 0.3) is 0 Å². The third-order valence-corrected chi connectivity index (χ3v) is 4.86. The molecule has 2 N–H and O–H groups in total. The molecule has 2 amide bonds. The molecule has 0 saturated heterocycles. The van der Waals surface area contributed by atoms with Gasteiger partial charge in [-0.05, 0) is 47.2 Å². The fraction of sp³-hybridized carbons (Fsp3) is 0.391. The highest BCUT2D eigenvalue weighted by Gasteiger charge is 2.15. The third kappa shape index (κ3) is 5.98. The number of hydrogen-bond donors (Lipinski definition) is 2. The molecule has 0 bridgehead atoms. The zero-order valence-corrected chi connectivity index (χ0v) is 17.2. The molecule has 0 spiro atoms. The molecule has 2 aromatic rings. The van der Waals surface area contributed by atoms with E-state index in [0.717, 1.165) is 17.0 Å². The zero-order valence-electron chi connectivity index (χ0n) is 17.2. The van der Waals surface area contributed by atoms with Gasteiger partial charge in [-0.1, -0.05) is 39.0 Å². The molecule has 0 aromatic heterocycles. The first-order chi connectivity index (χ1) is 13.9. The summed E-state index contributed by atoms with van der Waals surface area (Å²) in [6, 6.07) is 13.5. The average molecular weight is 396 g/mol. The van der Waals surface area contributed by atoms with Crippen LogP contribution in [0.1, 0.15) is 50.7 Å². The molecular formula is C23H28N2O4.